The van der Waals surface area contributed by atoms with Gasteiger partial charge in [-0.2, -0.15) is 26.3 Å². The van der Waals surface area contributed by atoms with E-state index < -0.39 is 53.3 Å². The van der Waals surface area contributed by atoms with Crippen molar-refractivity contribution < 1.29 is 40.7 Å². The lowest BCUT2D eigenvalue weighted by molar-refractivity contribution is -0.183. The van der Waals surface area contributed by atoms with Crippen LogP contribution in [0.5, 0.6) is 0 Å². The zero-order valence-corrected chi connectivity index (χ0v) is 24.3. The van der Waals surface area contributed by atoms with E-state index in [1.54, 1.807) is 50.2 Å². The Morgan fingerprint density at radius 1 is 1.00 bits per heavy atom. The number of nitrogens with one attached hydrogen (secondary N) is 1. The fourth-order valence-corrected chi connectivity index (χ4v) is 5.69. The lowest BCUT2D eigenvalue weighted by atomic mass is 9.93. The molecule has 1 N–H and O–H groups in total. The van der Waals surface area contributed by atoms with E-state index in [1.165, 1.54) is 14.7 Å². The van der Waals surface area contributed by atoms with Crippen LogP contribution in [0.2, 0.25) is 5.02 Å². The maximum Gasteiger partial charge on any atom is 0.416 e. The summed E-state index contributed by atoms with van der Waals surface area (Å²) >= 11 is 5.99. The summed E-state index contributed by atoms with van der Waals surface area (Å²) in [5.41, 5.74) is -4.02. The van der Waals surface area contributed by atoms with Gasteiger partial charge in [-0.05, 0) is 62.5 Å². The van der Waals surface area contributed by atoms with Crippen molar-refractivity contribution in [3.63, 3.8) is 0 Å². The van der Waals surface area contributed by atoms with Gasteiger partial charge < -0.3 is 20.0 Å². The smallest absolute Gasteiger partial charge is 0.334 e. The molecule has 2 saturated heterocycles. The van der Waals surface area contributed by atoms with E-state index in [1.807, 2.05) is 0 Å². The first kappa shape index (κ1) is 32.4. The molecule has 2 aliphatic heterocycles. The molecule has 2 heterocycles. The van der Waals surface area contributed by atoms with Crippen molar-refractivity contribution in [3.05, 3.63) is 69.7 Å². The predicted molar refractivity (Wildman–Crippen MR) is 144 cm³/mol. The predicted octanol–water partition coefficient (Wildman–Crippen LogP) is 4.81. The molecule has 2 aliphatic rings. The Morgan fingerprint density at radius 3 is 2.12 bits per heavy atom. The number of carbonyl (C=O) groups is 3. The fraction of sp³-hybridized carbons (Fsp3) is 0.464. The standard InChI is InChI=1S/C28H30ClF6N5O3/c1-26-16-38(14-17-4-6-21(29)7-5-17)24(42)22(15-37(2)3)40(26)23(41)8-9-39(26)25(43)36-13-18-10-19(27(30,31)32)12-20(11-18)28(33,34)35/h4-7,10-12,22H,8-9,13-16H2,1-3H3,(H,36,43)/t22-,26+/m0/s1. The number of likely N-dealkylation sites (N-methyl/N-ethyl adjacent to an activating group) is 1. The molecule has 4 rings (SSSR count). The monoisotopic (exact) mass is 633 g/mol. The lowest BCUT2D eigenvalue weighted by Crippen LogP contribution is -2.79. The summed E-state index contributed by atoms with van der Waals surface area (Å²) in [7, 11) is 3.46. The molecule has 0 saturated carbocycles. The molecule has 0 bridgehead atoms. The van der Waals surface area contributed by atoms with Crippen molar-refractivity contribution in [1.82, 2.24) is 24.9 Å². The molecule has 0 aromatic heterocycles. The van der Waals surface area contributed by atoms with Gasteiger partial charge in [-0.3, -0.25) is 14.5 Å². The second-order valence-corrected chi connectivity index (χ2v) is 11.5. The highest BCUT2D eigenvalue weighted by molar-refractivity contribution is 6.30. The van der Waals surface area contributed by atoms with Crippen molar-refractivity contribution in [1.29, 1.82) is 0 Å². The minimum atomic E-state index is -5.04. The van der Waals surface area contributed by atoms with Crippen molar-refractivity contribution in [2.45, 2.75) is 50.5 Å². The number of nitrogens with zero attached hydrogens (tertiary/aromatic N) is 4. The van der Waals surface area contributed by atoms with Gasteiger partial charge in [-0.25, -0.2) is 4.79 Å². The highest BCUT2D eigenvalue weighted by Gasteiger charge is 2.56. The van der Waals surface area contributed by atoms with Gasteiger partial charge in [0.05, 0.1) is 17.7 Å². The molecule has 0 unspecified atom stereocenters. The first-order valence-corrected chi connectivity index (χ1v) is 13.6. The van der Waals surface area contributed by atoms with E-state index in [0.717, 1.165) is 5.56 Å². The molecule has 4 amide bonds. The summed E-state index contributed by atoms with van der Waals surface area (Å²) in [6.45, 7) is 1.11. The van der Waals surface area contributed by atoms with Crippen LogP contribution >= 0.6 is 11.6 Å². The molecule has 2 fully saturated rings. The van der Waals surface area contributed by atoms with E-state index in [4.69, 9.17) is 11.6 Å². The maximum atomic E-state index is 13.7. The van der Waals surface area contributed by atoms with Crippen LogP contribution < -0.4 is 5.32 Å². The lowest BCUT2D eigenvalue weighted by Gasteiger charge is -2.59. The van der Waals surface area contributed by atoms with Crippen molar-refractivity contribution in [2.75, 3.05) is 33.7 Å². The second kappa shape index (κ2) is 11.9. The van der Waals surface area contributed by atoms with Crippen molar-refractivity contribution >= 4 is 29.4 Å². The highest BCUT2D eigenvalue weighted by Crippen LogP contribution is 2.37. The quantitative estimate of drug-likeness (QED) is 0.464. The van der Waals surface area contributed by atoms with Crippen molar-refractivity contribution in [3.8, 4) is 0 Å². The Labute approximate surface area is 249 Å². The van der Waals surface area contributed by atoms with Crippen LogP contribution in [0.3, 0.4) is 0 Å². The molecular formula is C28H30ClF6N5O3. The van der Waals surface area contributed by atoms with E-state index >= 15 is 0 Å². The summed E-state index contributed by atoms with van der Waals surface area (Å²) in [6.07, 6.45) is -10.2. The van der Waals surface area contributed by atoms with E-state index in [0.29, 0.717) is 17.2 Å². The molecule has 2 atom stereocenters. The van der Waals surface area contributed by atoms with Crippen LogP contribution in [-0.4, -0.2) is 82.9 Å². The number of carbonyl (C=O) groups excluding carboxylic acids is 3. The summed E-state index contributed by atoms with van der Waals surface area (Å²) in [6, 6.07) is 6.15. The number of halogens is 7. The Morgan fingerprint density at radius 2 is 1.58 bits per heavy atom. The van der Waals surface area contributed by atoms with E-state index in [9.17, 15) is 40.7 Å². The van der Waals surface area contributed by atoms with Gasteiger partial charge in [0.1, 0.15) is 11.7 Å². The Balaban J connectivity index is 1.63. The molecule has 0 aliphatic carbocycles. The second-order valence-electron chi connectivity index (χ2n) is 11.1. The molecule has 0 radical (unpaired) electrons. The number of rotatable bonds is 6. The molecule has 2 aromatic carbocycles. The van der Waals surface area contributed by atoms with Crippen LogP contribution in [0.15, 0.2) is 42.5 Å². The molecule has 8 nitrogen and oxygen atoms in total. The van der Waals surface area contributed by atoms with Crippen molar-refractivity contribution in [2.24, 2.45) is 0 Å². The number of amides is 4. The zero-order valence-electron chi connectivity index (χ0n) is 23.5. The summed E-state index contributed by atoms with van der Waals surface area (Å²) < 4.78 is 80.0. The first-order chi connectivity index (χ1) is 19.9. The summed E-state index contributed by atoms with van der Waals surface area (Å²) in [5, 5.41) is 2.92. The van der Waals surface area contributed by atoms with Crippen LogP contribution in [0.25, 0.3) is 0 Å². The number of urea groups is 1. The van der Waals surface area contributed by atoms with Crippen LogP contribution in [0.4, 0.5) is 31.1 Å². The number of alkyl halides is 6. The Bertz CT molecular complexity index is 1350. The van der Waals surface area contributed by atoms with Crippen LogP contribution in [-0.2, 0) is 35.0 Å². The minimum Gasteiger partial charge on any atom is -0.334 e. The van der Waals surface area contributed by atoms with Crippen LogP contribution in [0.1, 0.15) is 35.6 Å². The van der Waals surface area contributed by atoms with E-state index in [2.05, 4.69) is 5.32 Å². The third-order valence-electron chi connectivity index (χ3n) is 7.48. The van der Waals surface area contributed by atoms with Crippen LogP contribution in [0, 0.1) is 0 Å². The third-order valence-corrected chi connectivity index (χ3v) is 7.73. The van der Waals surface area contributed by atoms with Gasteiger partial charge in [0.15, 0.2) is 0 Å². The molecule has 234 valence electrons. The molecule has 0 spiro atoms. The number of piperazine rings is 1. The average molecular weight is 634 g/mol. The van der Waals surface area contributed by atoms with Gasteiger partial charge in [0, 0.05) is 37.6 Å². The van der Waals surface area contributed by atoms with Gasteiger partial charge in [0.25, 0.3) is 0 Å². The van der Waals surface area contributed by atoms with Gasteiger partial charge in [0.2, 0.25) is 11.8 Å². The summed E-state index contributed by atoms with van der Waals surface area (Å²) in [5.74, 6) is -0.689. The molecular weight excluding hydrogens is 604 g/mol. The fourth-order valence-electron chi connectivity index (χ4n) is 5.56. The third kappa shape index (κ3) is 7.01. The molecule has 15 heteroatoms. The molecule has 2 aromatic rings. The Hall–Kier alpha value is -3.52. The van der Waals surface area contributed by atoms with Gasteiger partial charge in [-0.15, -0.1) is 0 Å². The zero-order chi connectivity index (χ0) is 31.9. The maximum absolute atomic E-state index is 13.7. The topological polar surface area (TPSA) is 76.2 Å². The highest BCUT2D eigenvalue weighted by atomic mass is 35.5. The minimum absolute atomic E-state index is 0.0136. The molecule has 43 heavy (non-hydrogen) atoms. The summed E-state index contributed by atoms with van der Waals surface area (Å²) in [4.78, 5) is 46.3. The van der Waals surface area contributed by atoms with Gasteiger partial charge >= 0.3 is 18.4 Å². The first-order valence-electron chi connectivity index (χ1n) is 13.2. The van der Waals surface area contributed by atoms with E-state index in [-0.39, 0.29) is 50.5 Å². The Kier molecular flexibility index (Phi) is 8.94. The number of benzene rings is 2. The number of hydrogen-bond acceptors (Lipinski definition) is 4. The average Bonchev–Trinajstić information content (AvgIpc) is 2.89. The number of fused-ring (bicyclic) bond motifs is 1. The largest absolute Gasteiger partial charge is 0.416 e. The van der Waals surface area contributed by atoms with Gasteiger partial charge in [-0.1, -0.05) is 23.7 Å². The SMILES string of the molecule is CN(C)C[C@H]1C(=O)N(Cc2ccc(Cl)cc2)C[C@]2(C)N(C(=O)NCc3cc(C(F)(F)F)cc(C(F)(F)F)c3)CCC(=O)N12. The number of hydrogen-bond donors (Lipinski definition) is 1. The normalized spacial score (nSPS) is 21.4.